The van der Waals surface area contributed by atoms with Crippen LogP contribution in [0, 0.1) is 17.3 Å². The molecule has 142 valence electrons. The van der Waals surface area contributed by atoms with E-state index in [9.17, 15) is 9.59 Å². The van der Waals surface area contributed by atoms with E-state index in [4.69, 9.17) is 0 Å². The highest BCUT2D eigenvalue weighted by Gasteiger charge is 2.36. The summed E-state index contributed by atoms with van der Waals surface area (Å²) in [6.45, 7) is 8.06. The molecule has 1 N–H and O–H groups in total. The summed E-state index contributed by atoms with van der Waals surface area (Å²) in [4.78, 5) is 26.7. The Labute approximate surface area is 157 Å². The second-order valence-electron chi connectivity index (χ2n) is 9.08. The SMILES string of the molecule is CC(C)(C)C1CCC(NC(=O)[C@H]2CC(=O)N(Cc3ccccc3)C2)CC1. The van der Waals surface area contributed by atoms with E-state index in [0.29, 0.717) is 24.9 Å². The Kier molecular flexibility index (Phi) is 5.69. The number of hydrogen-bond acceptors (Lipinski definition) is 2. The lowest BCUT2D eigenvalue weighted by Crippen LogP contribution is -2.42. The lowest BCUT2D eigenvalue weighted by molar-refractivity contribution is -0.129. The quantitative estimate of drug-likeness (QED) is 0.893. The standard InChI is InChI=1S/C22H32N2O2/c1-22(2,3)18-9-11-19(12-10-18)23-21(26)17-13-20(25)24(15-17)14-16-7-5-4-6-8-16/h4-8,17-19H,9-15H2,1-3H3,(H,23,26)/t17-,18?,19?/m0/s1. The van der Waals surface area contributed by atoms with E-state index < -0.39 is 0 Å². The highest BCUT2D eigenvalue weighted by Crippen LogP contribution is 2.37. The van der Waals surface area contributed by atoms with Gasteiger partial charge >= 0.3 is 0 Å². The second kappa shape index (κ2) is 7.81. The fourth-order valence-electron chi connectivity index (χ4n) is 4.33. The van der Waals surface area contributed by atoms with Gasteiger partial charge in [-0.05, 0) is 42.6 Å². The van der Waals surface area contributed by atoms with Crippen LogP contribution in [-0.2, 0) is 16.1 Å². The van der Waals surface area contributed by atoms with Gasteiger partial charge in [-0.15, -0.1) is 0 Å². The van der Waals surface area contributed by atoms with E-state index in [-0.39, 0.29) is 23.8 Å². The molecule has 4 heteroatoms. The summed E-state index contributed by atoms with van der Waals surface area (Å²) in [6, 6.07) is 10.3. The summed E-state index contributed by atoms with van der Waals surface area (Å²) >= 11 is 0. The number of amides is 2. The van der Waals surface area contributed by atoms with Crippen molar-refractivity contribution in [3.8, 4) is 0 Å². The van der Waals surface area contributed by atoms with Crippen molar-refractivity contribution in [2.45, 2.75) is 65.5 Å². The zero-order valence-electron chi connectivity index (χ0n) is 16.3. The van der Waals surface area contributed by atoms with Gasteiger partial charge in [0.15, 0.2) is 0 Å². The maximum Gasteiger partial charge on any atom is 0.225 e. The van der Waals surface area contributed by atoms with Crippen LogP contribution in [0.3, 0.4) is 0 Å². The number of hydrogen-bond donors (Lipinski definition) is 1. The summed E-state index contributed by atoms with van der Waals surface area (Å²) in [5, 5.41) is 3.22. The number of nitrogens with zero attached hydrogens (tertiary/aromatic N) is 1. The Morgan fingerprint density at radius 3 is 2.38 bits per heavy atom. The first-order valence-electron chi connectivity index (χ1n) is 9.95. The fraction of sp³-hybridized carbons (Fsp3) is 0.636. The third kappa shape index (κ3) is 4.66. The zero-order chi connectivity index (χ0) is 18.7. The molecule has 2 aliphatic rings. The van der Waals surface area contributed by atoms with Crippen molar-refractivity contribution >= 4 is 11.8 Å². The number of rotatable bonds is 4. The van der Waals surface area contributed by atoms with Crippen LogP contribution in [0.4, 0.5) is 0 Å². The molecule has 1 aliphatic heterocycles. The molecule has 0 spiro atoms. The molecule has 0 bridgehead atoms. The number of likely N-dealkylation sites (tertiary alicyclic amines) is 1. The van der Waals surface area contributed by atoms with Crippen molar-refractivity contribution in [1.29, 1.82) is 0 Å². The molecular weight excluding hydrogens is 324 g/mol. The summed E-state index contributed by atoms with van der Waals surface area (Å²) in [5.41, 5.74) is 1.47. The molecule has 0 unspecified atom stereocenters. The van der Waals surface area contributed by atoms with Crippen LogP contribution in [0.15, 0.2) is 30.3 Å². The van der Waals surface area contributed by atoms with Gasteiger partial charge < -0.3 is 10.2 Å². The van der Waals surface area contributed by atoms with Gasteiger partial charge in [0, 0.05) is 25.6 Å². The minimum absolute atomic E-state index is 0.0631. The summed E-state index contributed by atoms with van der Waals surface area (Å²) < 4.78 is 0. The second-order valence-corrected chi connectivity index (χ2v) is 9.08. The Balaban J connectivity index is 1.48. The normalized spacial score (nSPS) is 26.8. The van der Waals surface area contributed by atoms with E-state index in [1.54, 1.807) is 0 Å². The van der Waals surface area contributed by atoms with Crippen LogP contribution >= 0.6 is 0 Å². The van der Waals surface area contributed by atoms with Crippen molar-refractivity contribution in [1.82, 2.24) is 10.2 Å². The van der Waals surface area contributed by atoms with E-state index in [2.05, 4.69) is 26.1 Å². The molecule has 0 aromatic heterocycles. The molecule has 1 aromatic rings. The van der Waals surface area contributed by atoms with Crippen LogP contribution in [0.25, 0.3) is 0 Å². The van der Waals surface area contributed by atoms with Crippen LogP contribution in [0.1, 0.15) is 58.4 Å². The molecule has 1 saturated carbocycles. The van der Waals surface area contributed by atoms with Crippen molar-refractivity contribution < 1.29 is 9.59 Å². The topological polar surface area (TPSA) is 49.4 Å². The largest absolute Gasteiger partial charge is 0.353 e. The van der Waals surface area contributed by atoms with Gasteiger partial charge in [0.05, 0.1) is 5.92 Å². The van der Waals surface area contributed by atoms with Gasteiger partial charge in [0.2, 0.25) is 11.8 Å². The Morgan fingerprint density at radius 2 is 1.77 bits per heavy atom. The lowest BCUT2D eigenvalue weighted by Gasteiger charge is -2.37. The van der Waals surface area contributed by atoms with E-state index >= 15 is 0 Å². The number of carbonyl (C=O) groups excluding carboxylic acids is 2. The summed E-state index contributed by atoms with van der Waals surface area (Å²) in [7, 11) is 0. The molecule has 0 radical (unpaired) electrons. The molecular formula is C22H32N2O2. The van der Waals surface area contributed by atoms with Gasteiger partial charge in [-0.25, -0.2) is 0 Å². The molecule has 1 aliphatic carbocycles. The van der Waals surface area contributed by atoms with Crippen molar-refractivity contribution in [2.75, 3.05) is 6.54 Å². The highest BCUT2D eigenvalue weighted by atomic mass is 16.2. The molecule has 1 saturated heterocycles. The predicted molar refractivity (Wildman–Crippen MR) is 103 cm³/mol. The van der Waals surface area contributed by atoms with Gasteiger partial charge in [-0.2, -0.15) is 0 Å². The third-order valence-corrected chi connectivity index (χ3v) is 6.10. The number of nitrogens with one attached hydrogen (secondary N) is 1. The first kappa shape index (κ1) is 18.9. The average molecular weight is 357 g/mol. The van der Waals surface area contributed by atoms with Crippen molar-refractivity contribution in [3.05, 3.63) is 35.9 Å². The molecule has 1 heterocycles. The average Bonchev–Trinajstić information content (AvgIpc) is 2.96. The molecule has 2 amide bonds. The van der Waals surface area contributed by atoms with Crippen molar-refractivity contribution in [3.63, 3.8) is 0 Å². The molecule has 3 rings (SSSR count). The monoisotopic (exact) mass is 356 g/mol. The smallest absolute Gasteiger partial charge is 0.225 e. The van der Waals surface area contributed by atoms with Crippen LogP contribution in [0.5, 0.6) is 0 Å². The van der Waals surface area contributed by atoms with Crippen LogP contribution in [0.2, 0.25) is 0 Å². The van der Waals surface area contributed by atoms with Crippen LogP contribution < -0.4 is 5.32 Å². The first-order chi connectivity index (χ1) is 12.3. The van der Waals surface area contributed by atoms with Crippen molar-refractivity contribution in [2.24, 2.45) is 17.3 Å². The molecule has 26 heavy (non-hydrogen) atoms. The first-order valence-corrected chi connectivity index (χ1v) is 9.95. The van der Waals surface area contributed by atoms with E-state index in [0.717, 1.165) is 24.3 Å². The number of benzene rings is 1. The molecule has 1 atom stereocenters. The Hall–Kier alpha value is -1.84. The minimum atomic E-state index is -0.202. The van der Waals surface area contributed by atoms with Gasteiger partial charge in [-0.3, -0.25) is 9.59 Å². The Morgan fingerprint density at radius 1 is 1.12 bits per heavy atom. The van der Waals surface area contributed by atoms with Gasteiger partial charge in [-0.1, -0.05) is 51.1 Å². The zero-order valence-corrected chi connectivity index (χ0v) is 16.3. The Bertz CT molecular complexity index is 627. The predicted octanol–water partition coefficient (Wildman–Crippen LogP) is 3.76. The highest BCUT2D eigenvalue weighted by molar-refractivity contribution is 5.89. The maximum absolute atomic E-state index is 12.6. The fourth-order valence-corrected chi connectivity index (χ4v) is 4.33. The molecule has 4 nitrogen and oxygen atoms in total. The minimum Gasteiger partial charge on any atom is -0.353 e. The molecule has 2 fully saturated rings. The lowest BCUT2D eigenvalue weighted by atomic mass is 9.71. The molecule has 1 aromatic carbocycles. The van der Waals surface area contributed by atoms with E-state index in [1.807, 2.05) is 35.2 Å². The summed E-state index contributed by atoms with van der Waals surface area (Å²) in [6.07, 6.45) is 4.82. The van der Waals surface area contributed by atoms with Gasteiger partial charge in [0.1, 0.15) is 0 Å². The summed E-state index contributed by atoms with van der Waals surface area (Å²) in [5.74, 6) is 0.690. The number of carbonyl (C=O) groups is 2. The van der Waals surface area contributed by atoms with Crippen LogP contribution in [-0.4, -0.2) is 29.3 Å². The van der Waals surface area contributed by atoms with E-state index in [1.165, 1.54) is 12.8 Å². The van der Waals surface area contributed by atoms with Gasteiger partial charge in [0.25, 0.3) is 0 Å². The maximum atomic E-state index is 12.6. The third-order valence-electron chi connectivity index (χ3n) is 6.10.